The van der Waals surface area contributed by atoms with Crippen LogP contribution in [-0.4, -0.2) is 8.42 Å². The standard InChI is InChI=1S/C15H11ClFNO3S2/c16-14-6-13(1-2-15(14)17)23(19,20)18-7-12-5-11(9-22-12)10-3-4-21-8-10/h1-6,8-9,18H,7H2. The molecule has 0 aliphatic rings. The minimum atomic E-state index is -3.76. The van der Waals surface area contributed by atoms with E-state index in [-0.39, 0.29) is 16.5 Å². The third kappa shape index (κ3) is 3.64. The van der Waals surface area contributed by atoms with Crippen LogP contribution >= 0.6 is 22.9 Å². The molecule has 120 valence electrons. The largest absolute Gasteiger partial charge is 0.472 e. The van der Waals surface area contributed by atoms with Crippen LogP contribution < -0.4 is 4.72 Å². The number of nitrogens with one attached hydrogen (secondary N) is 1. The van der Waals surface area contributed by atoms with Gasteiger partial charge in [0, 0.05) is 17.0 Å². The van der Waals surface area contributed by atoms with Gasteiger partial charge in [-0.3, -0.25) is 0 Å². The van der Waals surface area contributed by atoms with Crippen molar-refractivity contribution in [1.29, 1.82) is 0 Å². The lowest BCUT2D eigenvalue weighted by Crippen LogP contribution is -2.22. The van der Waals surface area contributed by atoms with Crippen molar-refractivity contribution in [2.75, 3.05) is 0 Å². The molecular formula is C15H11ClFNO3S2. The Labute approximate surface area is 141 Å². The molecule has 3 rings (SSSR count). The zero-order valence-electron chi connectivity index (χ0n) is 11.6. The number of furan rings is 1. The van der Waals surface area contributed by atoms with Gasteiger partial charge in [-0.1, -0.05) is 11.6 Å². The van der Waals surface area contributed by atoms with E-state index in [1.807, 2.05) is 17.5 Å². The fourth-order valence-electron chi connectivity index (χ4n) is 1.95. The summed E-state index contributed by atoms with van der Waals surface area (Å²) in [5.41, 5.74) is 1.89. The summed E-state index contributed by atoms with van der Waals surface area (Å²) in [6.45, 7) is 0.139. The van der Waals surface area contributed by atoms with Crippen molar-refractivity contribution >= 4 is 33.0 Å². The number of hydrogen-bond donors (Lipinski definition) is 1. The fourth-order valence-corrected chi connectivity index (χ4v) is 4.15. The van der Waals surface area contributed by atoms with Crippen LogP contribution in [0.4, 0.5) is 4.39 Å². The van der Waals surface area contributed by atoms with Crippen LogP contribution in [0.2, 0.25) is 5.02 Å². The Morgan fingerprint density at radius 3 is 2.74 bits per heavy atom. The lowest BCUT2D eigenvalue weighted by molar-refractivity contribution is 0.568. The minimum Gasteiger partial charge on any atom is -0.472 e. The molecule has 2 heterocycles. The van der Waals surface area contributed by atoms with Crippen LogP contribution in [-0.2, 0) is 16.6 Å². The predicted molar refractivity (Wildman–Crippen MR) is 87.5 cm³/mol. The molecule has 23 heavy (non-hydrogen) atoms. The molecule has 0 aliphatic heterocycles. The van der Waals surface area contributed by atoms with E-state index in [0.717, 1.165) is 28.1 Å². The topological polar surface area (TPSA) is 59.3 Å². The Morgan fingerprint density at radius 1 is 1.22 bits per heavy atom. The van der Waals surface area contributed by atoms with Gasteiger partial charge < -0.3 is 4.42 Å². The van der Waals surface area contributed by atoms with Crippen molar-refractivity contribution in [3.05, 3.63) is 64.0 Å². The molecule has 0 saturated heterocycles. The molecule has 4 nitrogen and oxygen atoms in total. The number of thiophene rings is 1. The van der Waals surface area contributed by atoms with Crippen LogP contribution in [0, 0.1) is 5.82 Å². The third-order valence-electron chi connectivity index (χ3n) is 3.15. The molecule has 3 aromatic rings. The molecule has 1 aromatic carbocycles. The molecule has 0 aliphatic carbocycles. The average Bonchev–Trinajstić information content (AvgIpc) is 3.18. The van der Waals surface area contributed by atoms with Gasteiger partial charge in [0.2, 0.25) is 10.0 Å². The first-order chi connectivity index (χ1) is 11.0. The zero-order chi connectivity index (χ0) is 16.4. The first-order valence-corrected chi connectivity index (χ1v) is 9.24. The molecule has 0 saturated carbocycles. The van der Waals surface area contributed by atoms with Crippen molar-refractivity contribution in [3.63, 3.8) is 0 Å². The third-order valence-corrected chi connectivity index (χ3v) is 5.77. The van der Waals surface area contributed by atoms with Crippen molar-refractivity contribution in [2.45, 2.75) is 11.4 Å². The molecule has 2 aromatic heterocycles. The van der Waals surface area contributed by atoms with E-state index >= 15 is 0 Å². The first-order valence-electron chi connectivity index (χ1n) is 6.50. The SMILES string of the molecule is O=S(=O)(NCc1cc(-c2ccoc2)cs1)c1ccc(F)c(Cl)c1. The van der Waals surface area contributed by atoms with Gasteiger partial charge in [0.25, 0.3) is 0 Å². The summed E-state index contributed by atoms with van der Waals surface area (Å²) in [6.07, 6.45) is 3.20. The van der Waals surface area contributed by atoms with Crippen molar-refractivity contribution in [3.8, 4) is 11.1 Å². The van der Waals surface area contributed by atoms with Crippen LogP contribution in [0.3, 0.4) is 0 Å². The van der Waals surface area contributed by atoms with E-state index in [1.54, 1.807) is 12.5 Å². The molecule has 0 radical (unpaired) electrons. The highest BCUT2D eigenvalue weighted by Gasteiger charge is 2.16. The van der Waals surface area contributed by atoms with Crippen LogP contribution in [0.15, 0.2) is 57.6 Å². The molecular weight excluding hydrogens is 361 g/mol. The molecule has 0 amide bonds. The van der Waals surface area contributed by atoms with Gasteiger partial charge >= 0.3 is 0 Å². The van der Waals surface area contributed by atoms with Crippen LogP contribution in [0.25, 0.3) is 11.1 Å². The maximum absolute atomic E-state index is 13.1. The summed E-state index contributed by atoms with van der Waals surface area (Å²) in [5, 5.41) is 1.69. The van der Waals surface area contributed by atoms with Crippen molar-refractivity contribution in [1.82, 2.24) is 4.72 Å². The van der Waals surface area contributed by atoms with Crippen LogP contribution in [0.1, 0.15) is 4.88 Å². The Bertz CT molecular complexity index is 920. The molecule has 0 spiro atoms. The maximum atomic E-state index is 13.1. The van der Waals surface area contributed by atoms with E-state index in [1.165, 1.54) is 17.4 Å². The molecule has 0 bridgehead atoms. The van der Waals surface area contributed by atoms with Gasteiger partial charge in [0.15, 0.2) is 0 Å². The second-order valence-electron chi connectivity index (χ2n) is 4.71. The van der Waals surface area contributed by atoms with E-state index in [0.29, 0.717) is 0 Å². The van der Waals surface area contributed by atoms with Gasteiger partial charge in [-0.05, 0) is 41.3 Å². The normalized spacial score (nSPS) is 11.7. The average molecular weight is 372 g/mol. The second-order valence-corrected chi connectivity index (χ2v) is 7.88. The van der Waals surface area contributed by atoms with Crippen LogP contribution in [0.5, 0.6) is 0 Å². The lowest BCUT2D eigenvalue weighted by atomic mass is 10.2. The zero-order valence-corrected chi connectivity index (χ0v) is 14.0. The second kappa shape index (κ2) is 6.45. The molecule has 0 fully saturated rings. The summed E-state index contributed by atoms with van der Waals surface area (Å²) in [7, 11) is -3.76. The van der Waals surface area contributed by atoms with E-state index in [2.05, 4.69) is 4.72 Å². The number of sulfonamides is 1. The Balaban J connectivity index is 1.73. The lowest BCUT2D eigenvalue weighted by Gasteiger charge is -2.06. The predicted octanol–water partition coefficient (Wildman–Crippen LogP) is 4.28. The Hall–Kier alpha value is -1.67. The maximum Gasteiger partial charge on any atom is 0.240 e. The fraction of sp³-hybridized carbons (Fsp3) is 0.0667. The number of hydrogen-bond acceptors (Lipinski definition) is 4. The molecule has 8 heteroatoms. The van der Waals surface area contributed by atoms with E-state index in [9.17, 15) is 12.8 Å². The minimum absolute atomic E-state index is 0.0736. The molecule has 1 N–H and O–H groups in total. The van der Waals surface area contributed by atoms with E-state index < -0.39 is 15.8 Å². The summed E-state index contributed by atoms with van der Waals surface area (Å²) in [5.74, 6) is -0.659. The summed E-state index contributed by atoms with van der Waals surface area (Å²) < 4.78 is 45.0. The van der Waals surface area contributed by atoms with Gasteiger partial charge in [-0.15, -0.1) is 11.3 Å². The first kappa shape index (κ1) is 16.2. The number of halogens is 2. The summed E-state index contributed by atoms with van der Waals surface area (Å²) >= 11 is 7.06. The Morgan fingerprint density at radius 2 is 2.04 bits per heavy atom. The highest BCUT2D eigenvalue weighted by molar-refractivity contribution is 7.89. The highest BCUT2D eigenvalue weighted by Crippen LogP contribution is 2.26. The van der Waals surface area contributed by atoms with Gasteiger partial charge in [0.05, 0.1) is 22.4 Å². The quantitative estimate of drug-likeness (QED) is 0.728. The monoisotopic (exact) mass is 371 g/mol. The summed E-state index contributed by atoms with van der Waals surface area (Å²) in [6, 6.07) is 7.00. The molecule has 0 atom stereocenters. The van der Waals surface area contributed by atoms with E-state index in [4.69, 9.17) is 16.0 Å². The smallest absolute Gasteiger partial charge is 0.240 e. The highest BCUT2D eigenvalue weighted by atomic mass is 35.5. The Kier molecular flexibility index (Phi) is 4.54. The summed E-state index contributed by atoms with van der Waals surface area (Å²) in [4.78, 5) is 0.772. The van der Waals surface area contributed by atoms with Gasteiger partial charge in [-0.2, -0.15) is 0 Å². The number of benzene rings is 1. The van der Waals surface area contributed by atoms with Crippen molar-refractivity contribution in [2.24, 2.45) is 0 Å². The van der Waals surface area contributed by atoms with Gasteiger partial charge in [-0.25, -0.2) is 17.5 Å². The van der Waals surface area contributed by atoms with Crippen molar-refractivity contribution < 1.29 is 17.2 Å². The van der Waals surface area contributed by atoms with Gasteiger partial charge in [0.1, 0.15) is 5.82 Å². The number of rotatable bonds is 5. The molecule has 0 unspecified atom stereocenters.